The average Bonchev–Trinajstić information content (AvgIpc) is 2.83. The Morgan fingerprint density at radius 3 is 0.193 bits per heavy atom. The van der Waals surface area contributed by atoms with Crippen molar-refractivity contribution in [3.05, 3.63) is 0 Å². The molecule has 0 radical (unpaired) electrons. The van der Waals surface area contributed by atoms with Gasteiger partial charge < -0.3 is 0 Å². The fourth-order valence-electron chi connectivity index (χ4n) is 1.97. The van der Waals surface area contributed by atoms with Crippen LogP contribution in [0.5, 0.6) is 0 Å². The van der Waals surface area contributed by atoms with Gasteiger partial charge in [-0.15, -0.1) is 0 Å². The van der Waals surface area contributed by atoms with Gasteiger partial charge in [-0.25, -0.2) is 0 Å². The van der Waals surface area contributed by atoms with Gasteiger partial charge in [-0.3, -0.25) is 0 Å². The van der Waals surface area contributed by atoms with Crippen molar-refractivity contribution in [2.24, 2.45) is 580 Å². The molecule has 0 aliphatic carbocycles. The molecular weight excluding hydrogens is 1590 g/mol. The molecule has 0 amide bonds. The quantitative estimate of drug-likeness (QED) is 0.0346. The maximum absolute atomic E-state index is 8.03. The Hall–Kier alpha value is -22.9. The monoisotopic (exact) mass is 1600 g/mol. The van der Waals surface area contributed by atoms with Crippen molar-refractivity contribution in [1.29, 1.82) is 10.8 Å². The first-order valence-corrected chi connectivity index (χ1v) is 22.7. The Labute approximate surface area is 596 Å². The smallest absolute Gasteiger partial charge is 0.183 e. The summed E-state index contributed by atoms with van der Waals surface area (Å²) in [7, 11) is 0. The van der Waals surface area contributed by atoms with Gasteiger partial charge in [0.25, 0.3) is 0 Å². The van der Waals surface area contributed by atoms with Crippen LogP contribution < -0.4 is 0 Å². The third-order valence-electron chi connectivity index (χ3n) is 4.45. The minimum atomic E-state index is 1.31. The predicted octanol–water partition coefficient (Wildman–Crippen LogP) is 20.7. The van der Waals surface area contributed by atoms with Gasteiger partial charge in [0, 0.05) is 491 Å². The van der Waals surface area contributed by atoms with Crippen LogP contribution in [-0.4, -0.2) is 0 Å². The van der Waals surface area contributed by atoms with Crippen molar-refractivity contribution in [3.63, 3.8) is 0 Å². The van der Waals surface area contributed by atoms with E-state index in [1.54, 1.807) is 0 Å². The van der Waals surface area contributed by atoms with Gasteiger partial charge in [0.2, 0.25) is 6.19 Å². The molecule has 0 saturated heterocycles. The van der Waals surface area contributed by atoms with Crippen LogP contribution in [0.1, 0.15) is 0 Å². The minimum absolute atomic E-state index is 1.31. The van der Waals surface area contributed by atoms with Crippen molar-refractivity contribution in [2.45, 2.75) is 0 Å². The van der Waals surface area contributed by atoms with E-state index in [-0.39, 0.29) is 0 Å². The zero-order chi connectivity index (χ0) is 81.2. The van der Waals surface area contributed by atoms with Gasteiger partial charge in [0.15, 0.2) is 0 Å². The highest BCUT2D eigenvalue weighted by molar-refractivity contribution is 4.56. The van der Waals surface area contributed by atoms with Gasteiger partial charge in [-0.1, -0.05) is 0 Å². The summed E-state index contributed by atoms with van der Waals surface area (Å²) < 4.78 is 0. The third kappa shape index (κ3) is 89.1. The van der Waals surface area contributed by atoms with Crippen LogP contribution >= 0.6 is 0 Å². The molecule has 0 aromatic heterocycles. The second-order valence-electron chi connectivity index (χ2n) is 10.0. The van der Waals surface area contributed by atoms with Gasteiger partial charge in [-0.05, 0) is 88.7 Å². The topological polar surface area (TPSA) is 1420 Å². The van der Waals surface area contributed by atoms with E-state index < -0.39 is 0 Å². The summed E-state index contributed by atoms with van der Waals surface area (Å²) in [5.74, 6) is 0. The van der Waals surface area contributed by atoms with Crippen molar-refractivity contribution in [2.75, 3.05) is 0 Å². The molecule has 0 heterocycles. The molecule has 0 rings (SSSR count). The molecular formula is CHN113. The van der Waals surface area contributed by atoms with Gasteiger partial charge >= 0.3 is 0 Å². The van der Waals surface area contributed by atoms with Gasteiger partial charge in [-0.2, -0.15) is 10.8 Å². The molecule has 0 fully saturated rings. The third-order valence-corrected chi connectivity index (χ3v) is 4.45. The summed E-state index contributed by atoms with van der Waals surface area (Å²) in [4.78, 5) is 0. The predicted molar refractivity (Wildman–Crippen MR) is 278 cm³/mol. The van der Waals surface area contributed by atoms with E-state index in [0.29, 0.717) is 0 Å². The van der Waals surface area contributed by atoms with E-state index in [1.165, 1.54) is 6.19 Å². The van der Waals surface area contributed by atoms with Crippen LogP contribution in [0.3, 0.4) is 0 Å². The summed E-state index contributed by atoms with van der Waals surface area (Å²) >= 11 is 0. The van der Waals surface area contributed by atoms with Crippen LogP contribution in [0.2, 0.25) is 0 Å². The van der Waals surface area contributed by atoms with E-state index in [9.17, 15) is 0 Å². The van der Waals surface area contributed by atoms with Crippen LogP contribution in [0.4, 0.5) is 0 Å². The molecule has 0 spiro atoms. The Morgan fingerprint density at radius 2 is 0.140 bits per heavy atom. The lowest BCUT2D eigenvalue weighted by atomic mass is 11.5. The molecule has 0 aliphatic heterocycles. The molecule has 0 saturated carbocycles. The SMILES string of the molecule is N#CN=N/N=N/N=N/N=N/N=N/N=N/N=N/N=N/N=N/N=N/N=N/N=N/N=N/N=N/N=N/N=N/N=N/N=N/N=N/N=N/N=N/N=N/N=N/N=N/N=N/N=N/N=N/N=N/N=N/N=N/N=N/N=N/N=N/N=N/N=N/N=N/N=N/N=N/N=N/N=N/N=N/N=N/N=N/N=N/N=N/N=N/N=N/N=N/N=N/N=N/N=N/N=N/N=N/N=N/N=N/N=N. The van der Waals surface area contributed by atoms with Crippen molar-refractivity contribution in [1.82, 2.24) is 0 Å². The first-order valence-electron chi connectivity index (χ1n) is 22.7. The number of nitriles is 1. The summed E-state index contributed by atoms with van der Waals surface area (Å²) in [5.41, 5.74) is 6.27. The highest BCUT2D eigenvalue weighted by Crippen LogP contribution is 2.00. The van der Waals surface area contributed by atoms with Crippen LogP contribution in [0, 0.1) is 17.0 Å². The second-order valence-corrected chi connectivity index (χ2v) is 10.0. The van der Waals surface area contributed by atoms with Crippen molar-refractivity contribution < 1.29 is 0 Å². The first kappa shape index (κ1) is 91.1. The second kappa shape index (κ2) is 90.1. The van der Waals surface area contributed by atoms with Crippen LogP contribution in [0.25, 0.3) is 0 Å². The Balaban J connectivity index is 4.13. The lowest BCUT2D eigenvalue weighted by Gasteiger charge is -1.71. The Morgan fingerprint density at radius 1 is 0.0877 bits per heavy atom. The fourth-order valence-corrected chi connectivity index (χ4v) is 1.97. The van der Waals surface area contributed by atoms with Crippen LogP contribution in [0.15, 0.2) is 580 Å². The fraction of sp³-hybridized carbons (Fsp3) is 0. The minimum Gasteiger partial charge on any atom is -0.183 e. The van der Waals surface area contributed by atoms with Gasteiger partial charge in [0.05, 0.1) is 0 Å². The van der Waals surface area contributed by atoms with E-state index in [4.69, 9.17) is 10.8 Å². The molecule has 570 valence electrons. The van der Waals surface area contributed by atoms with E-state index >= 15 is 0 Å². The number of nitrogens with zero attached hydrogens (tertiary/aromatic N) is 112. The Kier molecular flexibility index (Phi) is 72.0. The van der Waals surface area contributed by atoms with Crippen molar-refractivity contribution >= 4 is 0 Å². The molecule has 0 bridgehead atoms. The lowest BCUT2D eigenvalue weighted by Crippen LogP contribution is -1.52. The van der Waals surface area contributed by atoms with Crippen molar-refractivity contribution in [3.8, 4) is 6.19 Å². The number of hydrogen-bond acceptors (Lipinski definition) is 3. The molecule has 0 aromatic carbocycles. The summed E-state index contributed by atoms with van der Waals surface area (Å²) in [6.07, 6.45) is 1.31. The average molecular weight is 1600 g/mol. The first-order chi connectivity index (χ1) is 56.9. The standard InChI is InChI=1S/CHN113/c2-1-4-6-8-10-12-14-16-18-20-22-24-26-28-30-32-34-36-38-40-42-44-46-48-50-52-54-56-58-60-62-64-66-68-70-72-74-76-78-80-82-84-86-88-90-92-94-96-98-100-102-104-106-108-110-112-114-113-111-109-107-105-103-101-99-97-95-93-91-89-87-85-83-81-79-77-75-73-71-69-67-65-63-61-59-57-55-53-51-49-47-45-43-41-39-37-35-33-31-29-27-25-23-21-19-17-15-13-11-9-7-5-3/h3H/b5-3?,6-4?,9-7+,10-8+,13-11+,14-12+,17-15+,18-16+,21-19+,22-20+,25-23+,26-24+,29-27+,30-28+,33-31+,34-32+,37-35+,38-36+,41-39+,42-40+,45-43+,46-44+,49-47+,50-48+,53-51+,54-52+,57-55+,58-56+,61-59+,62-60+,65-63+,66-64+,69-67+,70-68+,73-71+,74-72+,77-75+,78-76+,81-79+,82-80+,85-83+,86-84+,89-87+,90-88+,93-91+,94-92+,97-95+,98-96+,101-99+,102-100+,105-103+,106-104+,109-107+,110-108+,113-111+,114-112+. The summed E-state index contributed by atoms with van der Waals surface area (Å²) in [5, 5.41) is 339. The van der Waals surface area contributed by atoms with Crippen LogP contribution in [-0.2, 0) is 0 Å². The Bertz CT molecular complexity index is 4300. The molecule has 0 unspecified atom stereocenters. The number of hydrogen-bond donors (Lipinski definition) is 1. The van der Waals surface area contributed by atoms with E-state index in [2.05, 4.69) is 580 Å². The highest BCUT2D eigenvalue weighted by atomic mass is 15.8. The van der Waals surface area contributed by atoms with Gasteiger partial charge in [0.1, 0.15) is 0 Å². The lowest BCUT2D eigenvalue weighted by molar-refractivity contribution is 0.723. The molecule has 113 heteroatoms. The molecule has 1 N–H and O–H groups in total. The largest absolute Gasteiger partial charge is 0.227 e. The molecule has 0 aromatic rings. The zero-order valence-corrected chi connectivity index (χ0v) is 51.1. The number of rotatable bonds is 55. The van der Waals surface area contributed by atoms with E-state index in [1.807, 2.05) is 0 Å². The summed E-state index contributed by atoms with van der Waals surface area (Å²) in [6.45, 7) is 0. The summed E-state index contributed by atoms with van der Waals surface area (Å²) in [6, 6.07) is 0. The maximum atomic E-state index is 8.03. The maximum Gasteiger partial charge on any atom is 0.227 e. The normalized spacial score (nSPS) is 15.6. The molecule has 113 nitrogen and oxygen atoms in total. The number of nitrogens with one attached hydrogen (secondary N) is 1. The zero-order valence-electron chi connectivity index (χ0n) is 51.1. The highest BCUT2D eigenvalue weighted by Gasteiger charge is 1.81. The molecule has 0 aliphatic rings. The van der Waals surface area contributed by atoms with E-state index in [0.717, 1.165) is 0 Å². The molecule has 114 heavy (non-hydrogen) atoms. The molecule has 0 atom stereocenters.